The number of benzene rings is 9. The molecule has 2 aromatic heterocycles. The first-order valence-corrected chi connectivity index (χ1v) is 24.2. The molecule has 0 spiro atoms. The van der Waals surface area contributed by atoms with E-state index in [1.165, 1.54) is 98.3 Å². The third kappa shape index (κ3) is 6.01. The average molecular weight is 877 g/mol. The molecule has 11 aromatic rings. The molecule has 67 heavy (non-hydrogen) atoms. The van der Waals surface area contributed by atoms with Gasteiger partial charge in [-0.1, -0.05) is 185 Å². The SMILES string of the molecule is CC1(C)c2ccccc2-c2ccc(N(c3ccc(-c4ccc(-n5c6ccccc6c6ccccc65)cc4)cc3)c3ccc4c(c3)C(C)(C)c3c(-c5ccccc5)sc(-c5ccccc5)c3-4)cc21. The molecule has 0 fully saturated rings. The standard InChI is InChI=1S/C64H48N2S/c1-63(2)54-24-14-11-21-49(54)50-37-35-47(39-55(50)63)65(45-31-27-41(28-32-45)42-29-33-46(34-30-42)66-57-25-15-12-22-51(57)52-23-13-16-26-58(52)66)48-36-38-53-56(40-48)64(3,4)60-59(53)61(43-17-7-5-8-18-43)67-62(60)44-19-9-6-10-20-44/h5-40H,1-4H3. The maximum atomic E-state index is 2.48. The summed E-state index contributed by atoms with van der Waals surface area (Å²) in [5.41, 5.74) is 22.5. The molecule has 2 nitrogen and oxygen atoms in total. The molecule has 0 saturated heterocycles. The van der Waals surface area contributed by atoms with Crippen LogP contribution in [0.15, 0.2) is 218 Å². The zero-order valence-corrected chi connectivity index (χ0v) is 38.9. The highest BCUT2D eigenvalue weighted by Gasteiger charge is 2.42. The van der Waals surface area contributed by atoms with Crippen molar-refractivity contribution < 1.29 is 0 Å². The van der Waals surface area contributed by atoms with Crippen LogP contribution in [-0.2, 0) is 10.8 Å². The summed E-state index contributed by atoms with van der Waals surface area (Å²) in [5.74, 6) is 0. The first-order chi connectivity index (χ1) is 32.8. The van der Waals surface area contributed by atoms with E-state index >= 15 is 0 Å². The Balaban J connectivity index is 0.931. The van der Waals surface area contributed by atoms with Crippen LogP contribution in [0.25, 0.3) is 81.8 Å². The lowest BCUT2D eigenvalue weighted by Gasteiger charge is -2.30. The van der Waals surface area contributed by atoms with Gasteiger partial charge in [0, 0.05) is 59.7 Å². The van der Waals surface area contributed by atoms with Gasteiger partial charge < -0.3 is 9.47 Å². The minimum Gasteiger partial charge on any atom is -0.310 e. The van der Waals surface area contributed by atoms with Crippen molar-refractivity contribution in [3.63, 3.8) is 0 Å². The molecule has 0 saturated carbocycles. The van der Waals surface area contributed by atoms with Gasteiger partial charge in [-0.05, 0) is 122 Å². The van der Waals surface area contributed by atoms with Gasteiger partial charge in [0.15, 0.2) is 0 Å². The normalized spacial score (nSPS) is 13.9. The number of fused-ring (bicyclic) bond motifs is 9. The molecular formula is C64H48N2S. The minimum absolute atomic E-state index is 0.126. The maximum absolute atomic E-state index is 2.48. The van der Waals surface area contributed by atoms with Crippen LogP contribution >= 0.6 is 11.3 Å². The Bertz CT molecular complexity index is 3670. The smallest absolute Gasteiger partial charge is 0.0541 e. The number of para-hydroxylation sites is 2. The van der Waals surface area contributed by atoms with Crippen LogP contribution < -0.4 is 4.90 Å². The zero-order valence-electron chi connectivity index (χ0n) is 38.1. The second kappa shape index (κ2) is 14.9. The van der Waals surface area contributed by atoms with E-state index < -0.39 is 0 Å². The highest BCUT2D eigenvalue weighted by molar-refractivity contribution is 7.19. The summed E-state index contributed by atoms with van der Waals surface area (Å²) < 4.78 is 2.38. The lowest BCUT2D eigenvalue weighted by Crippen LogP contribution is -2.18. The van der Waals surface area contributed by atoms with Crippen LogP contribution in [0.2, 0.25) is 0 Å². The molecule has 9 aromatic carbocycles. The summed E-state index contributed by atoms with van der Waals surface area (Å²) in [5, 5.41) is 2.55. The van der Waals surface area contributed by atoms with E-state index in [2.05, 4.69) is 256 Å². The van der Waals surface area contributed by atoms with E-state index in [1.807, 2.05) is 11.3 Å². The minimum atomic E-state index is -0.238. The van der Waals surface area contributed by atoms with Gasteiger partial charge in [0.25, 0.3) is 0 Å². The molecule has 2 aliphatic carbocycles. The highest BCUT2D eigenvalue weighted by atomic mass is 32.1. The van der Waals surface area contributed by atoms with Crippen LogP contribution in [0.5, 0.6) is 0 Å². The Morgan fingerprint density at radius 1 is 0.373 bits per heavy atom. The van der Waals surface area contributed by atoms with Crippen molar-refractivity contribution >= 4 is 50.2 Å². The molecule has 2 heterocycles. The number of rotatable bonds is 7. The van der Waals surface area contributed by atoms with E-state index in [4.69, 9.17) is 0 Å². The summed E-state index contributed by atoms with van der Waals surface area (Å²) in [6.45, 7) is 9.60. The Kier molecular flexibility index (Phi) is 8.81. The summed E-state index contributed by atoms with van der Waals surface area (Å²) in [6, 6.07) is 80.9. The molecule has 13 rings (SSSR count). The first-order valence-electron chi connectivity index (χ1n) is 23.4. The van der Waals surface area contributed by atoms with Crippen LogP contribution in [0.3, 0.4) is 0 Å². The number of nitrogens with zero attached hydrogens (tertiary/aromatic N) is 2. The van der Waals surface area contributed by atoms with E-state index in [9.17, 15) is 0 Å². The van der Waals surface area contributed by atoms with Crippen LogP contribution in [0.1, 0.15) is 49.9 Å². The van der Waals surface area contributed by atoms with Crippen molar-refractivity contribution in [3.8, 4) is 59.9 Å². The van der Waals surface area contributed by atoms with Crippen molar-refractivity contribution in [2.75, 3.05) is 4.90 Å². The van der Waals surface area contributed by atoms with E-state index in [0.29, 0.717) is 0 Å². The topological polar surface area (TPSA) is 8.17 Å². The van der Waals surface area contributed by atoms with Crippen molar-refractivity contribution in [1.82, 2.24) is 4.57 Å². The Labute approximate surface area is 396 Å². The summed E-state index contributed by atoms with van der Waals surface area (Å²) in [4.78, 5) is 5.17. The molecule has 0 N–H and O–H groups in total. The molecule has 320 valence electrons. The van der Waals surface area contributed by atoms with Crippen molar-refractivity contribution in [2.24, 2.45) is 0 Å². The number of hydrogen-bond donors (Lipinski definition) is 0. The van der Waals surface area contributed by atoms with E-state index in [1.54, 1.807) is 0 Å². The van der Waals surface area contributed by atoms with E-state index in [-0.39, 0.29) is 10.8 Å². The van der Waals surface area contributed by atoms with Crippen molar-refractivity contribution in [3.05, 3.63) is 241 Å². The molecule has 2 aliphatic rings. The second-order valence-corrected chi connectivity index (χ2v) is 20.3. The van der Waals surface area contributed by atoms with E-state index in [0.717, 1.165) is 22.7 Å². The molecule has 0 unspecified atom stereocenters. The molecule has 0 amide bonds. The predicted octanol–water partition coefficient (Wildman–Crippen LogP) is 17.9. The summed E-state index contributed by atoms with van der Waals surface area (Å²) in [7, 11) is 0. The molecule has 0 radical (unpaired) electrons. The maximum Gasteiger partial charge on any atom is 0.0541 e. The third-order valence-corrected chi connectivity index (χ3v) is 16.1. The summed E-state index contributed by atoms with van der Waals surface area (Å²) in [6.07, 6.45) is 0. The lowest BCUT2D eigenvalue weighted by atomic mass is 9.81. The highest BCUT2D eigenvalue weighted by Crippen LogP contribution is 2.60. The van der Waals surface area contributed by atoms with Gasteiger partial charge in [0.1, 0.15) is 0 Å². The molecular weight excluding hydrogens is 829 g/mol. The van der Waals surface area contributed by atoms with Gasteiger partial charge >= 0.3 is 0 Å². The number of aromatic nitrogens is 1. The zero-order chi connectivity index (χ0) is 45.0. The monoisotopic (exact) mass is 876 g/mol. The fourth-order valence-corrected chi connectivity index (χ4v) is 13.0. The molecule has 0 atom stereocenters. The first kappa shape index (κ1) is 39.6. The van der Waals surface area contributed by atoms with Crippen molar-refractivity contribution in [2.45, 2.75) is 38.5 Å². The quantitative estimate of drug-likeness (QED) is 0.155. The number of thiophene rings is 1. The van der Waals surface area contributed by atoms with Gasteiger partial charge in [0.05, 0.1) is 11.0 Å². The number of anilines is 3. The molecule has 0 aliphatic heterocycles. The van der Waals surface area contributed by atoms with Crippen LogP contribution in [0, 0.1) is 0 Å². The van der Waals surface area contributed by atoms with Crippen LogP contribution in [0.4, 0.5) is 17.1 Å². The third-order valence-electron chi connectivity index (χ3n) is 14.8. The molecule has 3 heteroatoms. The van der Waals surface area contributed by atoms with Gasteiger partial charge in [0.2, 0.25) is 0 Å². The van der Waals surface area contributed by atoms with Crippen molar-refractivity contribution in [1.29, 1.82) is 0 Å². The predicted molar refractivity (Wildman–Crippen MR) is 285 cm³/mol. The van der Waals surface area contributed by atoms with Gasteiger partial charge in [-0.3, -0.25) is 0 Å². The average Bonchev–Trinajstić information content (AvgIpc) is 4.07. The lowest BCUT2D eigenvalue weighted by molar-refractivity contribution is 0.660. The molecule has 0 bridgehead atoms. The fourth-order valence-electron chi connectivity index (χ4n) is 11.5. The largest absolute Gasteiger partial charge is 0.310 e. The van der Waals surface area contributed by atoms with Crippen LogP contribution in [-0.4, -0.2) is 4.57 Å². The Morgan fingerprint density at radius 3 is 1.48 bits per heavy atom. The van der Waals surface area contributed by atoms with Gasteiger partial charge in [-0.2, -0.15) is 0 Å². The second-order valence-electron chi connectivity index (χ2n) is 19.3. The fraction of sp³-hybridized carbons (Fsp3) is 0.0938. The Hall–Kier alpha value is -7.72. The van der Waals surface area contributed by atoms with Gasteiger partial charge in [-0.25, -0.2) is 0 Å². The Morgan fingerprint density at radius 2 is 0.851 bits per heavy atom. The summed E-state index contributed by atoms with van der Waals surface area (Å²) >= 11 is 1.93. The number of hydrogen-bond acceptors (Lipinski definition) is 2. The van der Waals surface area contributed by atoms with Gasteiger partial charge in [-0.15, -0.1) is 11.3 Å².